The van der Waals surface area contributed by atoms with Crippen LogP contribution in [0.1, 0.15) is 39.5 Å². The lowest BCUT2D eigenvalue weighted by molar-refractivity contribution is -0.139. The Bertz CT molecular complexity index is 669. The fourth-order valence-corrected chi connectivity index (χ4v) is 2.33. The number of carbonyl (C=O) groups is 6. The maximum atomic E-state index is 12.7. The molecule has 0 bridgehead atoms. The summed E-state index contributed by atoms with van der Waals surface area (Å²) in [5, 5.41) is 24.1. The second-order valence-electron chi connectivity index (χ2n) is 6.75. The fraction of sp³-hybridized carbons (Fsp3) is 0.647. The molecule has 30 heavy (non-hydrogen) atoms. The van der Waals surface area contributed by atoms with Gasteiger partial charge in [0.25, 0.3) is 0 Å². The van der Waals surface area contributed by atoms with Crippen molar-refractivity contribution in [1.82, 2.24) is 16.0 Å². The molecular weight excluding hydrogens is 402 g/mol. The number of carbonyl (C=O) groups excluding carboxylic acids is 4. The van der Waals surface area contributed by atoms with Gasteiger partial charge in [-0.1, -0.05) is 20.3 Å². The van der Waals surface area contributed by atoms with E-state index in [-0.39, 0.29) is 12.8 Å². The van der Waals surface area contributed by atoms with Crippen molar-refractivity contribution in [3.63, 3.8) is 0 Å². The molecule has 170 valence electrons. The maximum absolute atomic E-state index is 12.7. The second kappa shape index (κ2) is 13.1. The number of hydrogen-bond donors (Lipinski definition) is 7. The average Bonchev–Trinajstić information content (AvgIpc) is 2.66. The molecule has 13 nitrogen and oxygen atoms in total. The number of rotatable bonds is 14. The molecule has 9 N–H and O–H groups in total. The summed E-state index contributed by atoms with van der Waals surface area (Å²) in [6, 6.07) is -3.75. The topological polar surface area (TPSA) is 231 Å². The average molecular weight is 431 g/mol. The Labute approximate surface area is 172 Å². The van der Waals surface area contributed by atoms with Crippen LogP contribution in [0.2, 0.25) is 0 Å². The molecule has 4 atom stereocenters. The van der Waals surface area contributed by atoms with Gasteiger partial charge in [-0.15, -0.1) is 0 Å². The van der Waals surface area contributed by atoms with E-state index in [2.05, 4.69) is 10.6 Å². The van der Waals surface area contributed by atoms with Gasteiger partial charge in [0.2, 0.25) is 23.6 Å². The third kappa shape index (κ3) is 10.4. The highest BCUT2D eigenvalue weighted by Gasteiger charge is 2.31. The first-order chi connectivity index (χ1) is 13.9. The minimum absolute atomic E-state index is 0.141. The van der Waals surface area contributed by atoms with Crippen molar-refractivity contribution in [3.05, 3.63) is 0 Å². The number of nitrogens with two attached hydrogens (primary N) is 2. The smallest absolute Gasteiger partial charge is 0.322 e. The van der Waals surface area contributed by atoms with Crippen LogP contribution in [0.15, 0.2) is 0 Å². The number of primary amides is 1. The molecule has 0 heterocycles. The number of aliphatic carboxylic acids is 2. The molecule has 0 radical (unpaired) electrons. The summed E-state index contributed by atoms with van der Waals surface area (Å²) in [6.07, 6.45) is -0.609. The molecule has 13 heteroatoms. The minimum Gasteiger partial charge on any atom is -0.481 e. The van der Waals surface area contributed by atoms with Gasteiger partial charge in [-0.2, -0.15) is 0 Å². The zero-order chi connectivity index (χ0) is 23.4. The van der Waals surface area contributed by atoms with Crippen molar-refractivity contribution < 1.29 is 39.0 Å². The van der Waals surface area contributed by atoms with Gasteiger partial charge in [-0.05, 0) is 12.3 Å². The number of amides is 4. The predicted molar refractivity (Wildman–Crippen MR) is 103 cm³/mol. The molecule has 4 unspecified atom stereocenters. The molecule has 0 spiro atoms. The molecule has 0 aliphatic rings. The number of carboxylic acids is 2. The van der Waals surface area contributed by atoms with Gasteiger partial charge in [-0.25, -0.2) is 0 Å². The molecule has 0 aliphatic carbocycles. The van der Waals surface area contributed by atoms with Crippen molar-refractivity contribution in [1.29, 1.82) is 0 Å². The molecule has 0 aromatic rings. The van der Waals surface area contributed by atoms with Crippen molar-refractivity contribution >= 4 is 35.6 Å². The first-order valence-corrected chi connectivity index (χ1v) is 9.24. The second-order valence-corrected chi connectivity index (χ2v) is 6.75. The van der Waals surface area contributed by atoms with Crippen LogP contribution in [0.4, 0.5) is 0 Å². The van der Waals surface area contributed by atoms with Gasteiger partial charge < -0.3 is 37.6 Å². The Morgan fingerprint density at radius 2 is 1.53 bits per heavy atom. The maximum Gasteiger partial charge on any atom is 0.322 e. The lowest BCUT2D eigenvalue weighted by Crippen LogP contribution is -2.58. The summed E-state index contributed by atoms with van der Waals surface area (Å²) in [6.45, 7) is 2.68. The van der Waals surface area contributed by atoms with E-state index in [1.165, 1.54) is 0 Å². The third-order valence-electron chi connectivity index (χ3n) is 4.25. The van der Waals surface area contributed by atoms with Crippen molar-refractivity contribution in [3.8, 4) is 0 Å². The largest absolute Gasteiger partial charge is 0.481 e. The van der Waals surface area contributed by atoms with Crippen LogP contribution >= 0.6 is 0 Å². The van der Waals surface area contributed by atoms with E-state index in [1.807, 2.05) is 5.32 Å². The molecule has 0 aliphatic heterocycles. The minimum atomic E-state index is -1.45. The molecule has 0 saturated carbocycles. The van der Waals surface area contributed by atoms with E-state index >= 15 is 0 Å². The summed E-state index contributed by atoms with van der Waals surface area (Å²) >= 11 is 0. The van der Waals surface area contributed by atoms with Gasteiger partial charge in [0.05, 0.1) is 12.5 Å². The summed E-state index contributed by atoms with van der Waals surface area (Å²) < 4.78 is 0. The van der Waals surface area contributed by atoms with E-state index in [9.17, 15) is 28.8 Å². The van der Waals surface area contributed by atoms with Gasteiger partial charge in [0, 0.05) is 6.42 Å². The summed E-state index contributed by atoms with van der Waals surface area (Å²) in [4.78, 5) is 69.5. The molecule has 0 aromatic carbocycles. The lowest BCUT2D eigenvalue weighted by atomic mass is 9.97. The Morgan fingerprint density at radius 1 is 0.933 bits per heavy atom. The van der Waals surface area contributed by atoms with Gasteiger partial charge >= 0.3 is 11.9 Å². The highest BCUT2D eigenvalue weighted by Crippen LogP contribution is 2.10. The third-order valence-corrected chi connectivity index (χ3v) is 4.25. The van der Waals surface area contributed by atoms with Gasteiger partial charge in [0.15, 0.2) is 0 Å². The molecule has 4 amide bonds. The quantitative estimate of drug-likeness (QED) is 0.151. The highest BCUT2D eigenvalue weighted by molar-refractivity contribution is 5.95. The lowest BCUT2D eigenvalue weighted by Gasteiger charge is -2.27. The van der Waals surface area contributed by atoms with E-state index in [4.69, 9.17) is 21.7 Å². The molecule has 0 aromatic heterocycles. The van der Waals surface area contributed by atoms with Gasteiger partial charge in [-0.3, -0.25) is 28.8 Å². The van der Waals surface area contributed by atoms with E-state index in [1.54, 1.807) is 13.8 Å². The van der Waals surface area contributed by atoms with Crippen LogP contribution in [0, 0.1) is 5.92 Å². The van der Waals surface area contributed by atoms with Crippen molar-refractivity contribution in [2.45, 2.75) is 57.7 Å². The monoisotopic (exact) mass is 431 g/mol. The van der Waals surface area contributed by atoms with Crippen molar-refractivity contribution in [2.75, 3.05) is 6.54 Å². The Hall–Kier alpha value is -3.22. The molecular formula is C17H29N5O8. The molecule has 0 rings (SSSR count). The van der Waals surface area contributed by atoms with E-state index in [0.29, 0.717) is 6.42 Å². The normalized spacial score (nSPS) is 14.5. The Kier molecular flexibility index (Phi) is 11.7. The number of hydrogen-bond acceptors (Lipinski definition) is 7. The predicted octanol–water partition coefficient (Wildman–Crippen LogP) is -2.73. The van der Waals surface area contributed by atoms with E-state index in [0.717, 1.165) is 0 Å². The van der Waals surface area contributed by atoms with Crippen LogP contribution in [0.25, 0.3) is 0 Å². The fourth-order valence-electron chi connectivity index (χ4n) is 2.33. The van der Waals surface area contributed by atoms with Crippen LogP contribution < -0.4 is 27.4 Å². The van der Waals surface area contributed by atoms with Crippen LogP contribution in [0.5, 0.6) is 0 Å². The number of nitrogens with one attached hydrogen (secondary N) is 3. The first-order valence-electron chi connectivity index (χ1n) is 9.24. The SMILES string of the molecule is CCC(C)C(NC(=O)C(N)CCC(=O)O)C(=O)NC(CC(N)=O)C(=O)NCC(=O)O. The van der Waals surface area contributed by atoms with Crippen LogP contribution in [-0.4, -0.2) is 70.5 Å². The summed E-state index contributed by atoms with van der Waals surface area (Å²) in [7, 11) is 0. The Morgan fingerprint density at radius 3 is 2.00 bits per heavy atom. The number of carboxylic acid groups (broad SMARTS) is 2. The first kappa shape index (κ1) is 26.8. The molecule has 0 saturated heterocycles. The van der Waals surface area contributed by atoms with Gasteiger partial charge in [0.1, 0.15) is 18.6 Å². The highest BCUT2D eigenvalue weighted by atomic mass is 16.4. The van der Waals surface area contributed by atoms with Crippen molar-refractivity contribution in [2.24, 2.45) is 17.4 Å². The van der Waals surface area contributed by atoms with E-state index < -0.39 is 72.6 Å². The van der Waals surface area contributed by atoms with Crippen LogP contribution in [0.3, 0.4) is 0 Å². The Balaban J connectivity index is 5.29. The standard InChI is InChI=1S/C17H29N5O8/c1-3-8(2)14(22-15(28)9(18)4-5-12(24)25)17(30)21-10(6-11(19)23)16(29)20-7-13(26)27/h8-10,14H,3-7,18H2,1-2H3,(H2,19,23)(H,20,29)(H,21,30)(H,22,28)(H,24,25)(H,26,27). The zero-order valence-electron chi connectivity index (χ0n) is 16.8. The molecule has 0 fully saturated rings. The van der Waals surface area contributed by atoms with Crippen LogP contribution in [-0.2, 0) is 28.8 Å². The summed E-state index contributed by atoms with van der Waals surface area (Å²) in [5.41, 5.74) is 10.7. The summed E-state index contributed by atoms with van der Waals surface area (Å²) in [5.74, 6) is -6.26. The zero-order valence-corrected chi connectivity index (χ0v) is 16.8.